The maximum absolute atomic E-state index is 13.8. The van der Waals surface area contributed by atoms with Crippen molar-refractivity contribution in [1.29, 1.82) is 0 Å². The van der Waals surface area contributed by atoms with Gasteiger partial charge >= 0.3 is 41.8 Å². The molecule has 0 spiro atoms. The van der Waals surface area contributed by atoms with Crippen molar-refractivity contribution in [3.8, 4) is 64.8 Å². The lowest BCUT2D eigenvalue weighted by atomic mass is 9.67. The number of benzene rings is 7. The minimum Gasteiger partial charge on any atom is -0.494 e. The molecule has 0 aliphatic heterocycles. The Morgan fingerprint density at radius 2 is 0.962 bits per heavy atom. The molecule has 0 radical (unpaired) electrons. The zero-order valence-electron chi connectivity index (χ0n) is 60.3. The Hall–Kier alpha value is -10.4. The molecular formula is C89H91IO16. The van der Waals surface area contributed by atoms with Gasteiger partial charge < -0.3 is 42.6 Å². The quantitative estimate of drug-likeness (QED) is 0.00851. The first-order chi connectivity index (χ1) is 51.5. The van der Waals surface area contributed by atoms with Crippen molar-refractivity contribution in [2.24, 2.45) is 29.6 Å². The lowest BCUT2D eigenvalue weighted by Gasteiger charge is -2.41. The van der Waals surface area contributed by atoms with Crippen LogP contribution in [0.2, 0.25) is 0 Å². The molecule has 550 valence electrons. The molecule has 3 fully saturated rings. The summed E-state index contributed by atoms with van der Waals surface area (Å²) in [4.78, 5) is 87.3. The maximum Gasteiger partial charge on any atom is 0.343 e. The third kappa shape index (κ3) is 24.6. The predicted molar refractivity (Wildman–Crippen MR) is 414 cm³/mol. The highest BCUT2D eigenvalue weighted by Gasteiger charge is 2.41. The molecule has 0 N–H and O–H groups in total. The first-order valence-electron chi connectivity index (χ1n) is 36.7. The molecule has 0 amide bonds. The van der Waals surface area contributed by atoms with E-state index in [9.17, 15) is 33.6 Å². The van der Waals surface area contributed by atoms with E-state index in [1.807, 2.05) is 55.5 Å². The molecule has 3 aliphatic carbocycles. The summed E-state index contributed by atoms with van der Waals surface area (Å²) in [5, 5.41) is 1.63. The maximum atomic E-state index is 13.8. The zero-order chi connectivity index (χ0) is 75.1. The van der Waals surface area contributed by atoms with Crippen LogP contribution in [0.25, 0.3) is 10.8 Å². The molecule has 0 aromatic heterocycles. The number of carbonyl (C=O) groups excluding carboxylic acids is 7. The molecule has 0 bridgehead atoms. The van der Waals surface area contributed by atoms with Crippen LogP contribution >= 0.6 is 22.6 Å². The smallest absolute Gasteiger partial charge is 0.343 e. The molecular weight excluding hydrogens is 1450 g/mol. The van der Waals surface area contributed by atoms with E-state index in [1.54, 1.807) is 103 Å². The zero-order valence-corrected chi connectivity index (χ0v) is 62.5. The van der Waals surface area contributed by atoms with Gasteiger partial charge in [0.1, 0.15) is 28.7 Å². The molecule has 0 atom stereocenters. The molecule has 106 heavy (non-hydrogen) atoms. The van der Waals surface area contributed by atoms with E-state index in [0.717, 1.165) is 92.0 Å². The van der Waals surface area contributed by atoms with Crippen molar-refractivity contribution < 1.29 is 76.2 Å². The summed E-state index contributed by atoms with van der Waals surface area (Å²) in [7, 11) is 0. The summed E-state index contributed by atoms with van der Waals surface area (Å²) >= 11 is 2.12. The van der Waals surface area contributed by atoms with Gasteiger partial charge in [-0.3, -0.25) is 9.59 Å². The van der Waals surface area contributed by atoms with Gasteiger partial charge in [0.25, 0.3) is 0 Å². The van der Waals surface area contributed by atoms with E-state index in [0.29, 0.717) is 130 Å². The second-order valence-electron chi connectivity index (χ2n) is 26.7. The molecule has 3 aliphatic rings. The lowest BCUT2D eigenvalue weighted by molar-refractivity contribution is -0.152. The Labute approximate surface area is 635 Å². The first-order valence-corrected chi connectivity index (χ1v) is 37.8. The summed E-state index contributed by atoms with van der Waals surface area (Å²) in [5.41, 5.74) is 3.60. The third-order valence-electron chi connectivity index (χ3n) is 19.2. The standard InChI is InChI=1S/C56H62O8.C33H29IO8/c1-4-10-42-21-23-46(24-22-42)47-34-37-56(38-35-47,36-33-45-19-17-44(18-20-45)16-15-43-13-11-41(5-2)12-14-43)64-55(60)50-29-31-51(32-30-50)63-54(59)49-27-25-48(26-28-49)53(58)62-40-9-7-8-39-61-52(57)6-3;1-3-18-38-26-12-14-27(15-13-26)41-33(37)24-8-16-28-23(21-24)9-17-29(31(28)34)42-32(36)22-6-10-25(11-7-22)39-19-5-20-40-30(35)4-2/h2,6,11-14,17-20,29-32,42,46-49H,3-4,7-10,21-28,34-35,37-40H2,1H3;4,6-17,21H,2-3,5,18-20H2,1H3. The molecule has 0 saturated heterocycles. The van der Waals surface area contributed by atoms with Crippen LogP contribution in [-0.4, -0.2) is 80.4 Å². The Morgan fingerprint density at radius 1 is 0.472 bits per heavy atom. The number of esters is 7. The first kappa shape index (κ1) is 79.7. The molecule has 3 saturated carbocycles. The van der Waals surface area contributed by atoms with Crippen molar-refractivity contribution in [2.75, 3.05) is 33.0 Å². The molecule has 7 aromatic rings. The number of halogens is 1. The van der Waals surface area contributed by atoms with Crippen LogP contribution in [0.4, 0.5) is 0 Å². The number of terminal acetylenes is 1. The van der Waals surface area contributed by atoms with Crippen molar-refractivity contribution in [2.45, 2.75) is 141 Å². The van der Waals surface area contributed by atoms with Gasteiger partial charge in [-0.15, -0.1) is 6.42 Å². The summed E-state index contributed by atoms with van der Waals surface area (Å²) in [6.07, 6.45) is 24.5. The Kier molecular flexibility index (Phi) is 31.1. The fraction of sp³-hybridized carbons (Fsp3) is 0.360. The summed E-state index contributed by atoms with van der Waals surface area (Å²) in [6, 6.07) is 44.1. The third-order valence-corrected chi connectivity index (χ3v) is 20.3. The van der Waals surface area contributed by atoms with Crippen LogP contribution in [0.1, 0.15) is 189 Å². The topological polar surface area (TPSA) is 203 Å². The van der Waals surface area contributed by atoms with Crippen molar-refractivity contribution in [3.63, 3.8) is 0 Å². The van der Waals surface area contributed by atoms with E-state index < -0.39 is 35.4 Å². The average Bonchev–Trinajstić information content (AvgIpc) is 0.806. The Balaban J connectivity index is 0.000000267. The van der Waals surface area contributed by atoms with Gasteiger partial charge in [-0.05, 0) is 286 Å². The van der Waals surface area contributed by atoms with Gasteiger partial charge in [-0.1, -0.05) is 88.5 Å². The van der Waals surface area contributed by atoms with Gasteiger partial charge in [0, 0.05) is 40.8 Å². The highest BCUT2D eigenvalue weighted by Crippen LogP contribution is 2.45. The number of carbonyl (C=O) groups is 7. The van der Waals surface area contributed by atoms with Crippen LogP contribution in [0.3, 0.4) is 0 Å². The summed E-state index contributed by atoms with van der Waals surface area (Å²) in [5.74, 6) is 16.9. The molecule has 7 aromatic carbocycles. The predicted octanol–water partition coefficient (Wildman–Crippen LogP) is 18.1. The van der Waals surface area contributed by atoms with Crippen LogP contribution in [0.5, 0.6) is 28.7 Å². The number of hydrogen-bond donors (Lipinski definition) is 0. The second-order valence-corrected chi connectivity index (χ2v) is 27.8. The highest BCUT2D eigenvalue weighted by molar-refractivity contribution is 14.1. The fourth-order valence-electron chi connectivity index (χ4n) is 13.2. The van der Waals surface area contributed by atoms with E-state index in [1.165, 1.54) is 38.5 Å². The van der Waals surface area contributed by atoms with Crippen molar-refractivity contribution in [1.82, 2.24) is 0 Å². The number of unbranched alkanes of at least 4 members (excludes halogenated alkanes) is 2. The normalized spacial score (nSPS) is 17.9. The largest absolute Gasteiger partial charge is 0.494 e. The Bertz CT molecular complexity index is 4310. The van der Waals surface area contributed by atoms with Gasteiger partial charge in [0.2, 0.25) is 0 Å². The fourth-order valence-corrected chi connectivity index (χ4v) is 13.9. The van der Waals surface area contributed by atoms with E-state index in [4.69, 9.17) is 49.1 Å². The monoisotopic (exact) mass is 1540 g/mol. The molecule has 0 unspecified atom stereocenters. The van der Waals surface area contributed by atoms with Crippen LogP contribution in [0, 0.1) is 69.2 Å². The van der Waals surface area contributed by atoms with Gasteiger partial charge in [-0.25, -0.2) is 24.0 Å². The molecule has 10 rings (SSSR count). The number of rotatable bonds is 28. The van der Waals surface area contributed by atoms with E-state index in [-0.39, 0.29) is 30.4 Å². The number of ether oxygens (including phenoxy) is 9. The van der Waals surface area contributed by atoms with Gasteiger partial charge in [0.15, 0.2) is 5.60 Å². The minimum atomic E-state index is -0.921. The van der Waals surface area contributed by atoms with Gasteiger partial charge in [0.05, 0.1) is 65.1 Å². The number of hydrogen-bond acceptors (Lipinski definition) is 16. The lowest BCUT2D eigenvalue weighted by Crippen LogP contribution is -2.39. The van der Waals surface area contributed by atoms with Crippen molar-refractivity contribution >= 4 is 75.1 Å². The second kappa shape index (κ2) is 41.3. The van der Waals surface area contributed by atoms with Crippen LogP contribution in [0.15, 0.2) is 177 Å². The minimum absolute atomic E-state index is 0.231. The van der Waals surface area contributed by atoms with Crippen LogP contribution in [-0.2, 0) is 38.1 Å². The van der Waals surface area contributed by atoms with E-state index >= 15 is 0 Å². The molecule has 0 heterocycles. The van der Waals surface area contributed by atoms with Crippen molar-refractivity contribution in [3.05, 3.63) is 219 Å². The summed E-state index contributed by atoms with van der Waals surface area (Å²) in [6.45, 7) is 12.9. The van der Waals surface area contributed by atoms with E-state index in [2.05, 4.69) is 72.3 Å². The average molecular weight is 1540 g/mol. The molecule has 17 heteroatoms. The molecule has 16 nitrogen and oxygen atoms in total. The number of fused-ring (bicyclic) bond motifs is 1. The van der Waals surface area contributed by atoms with Crippen LogP contribution < -0.4 is 23.7 Å². The summed E-state index contributed by atoms with van der Waals surface area (Å²) < 4.78 is 50.6. The van der Waals surface area contributed by atoms with Gasteiger partial charge in [-0.2, -0.15) is 0 Å². The Morgan fingerprint density at radius 3 is 1.55 bits per heavy atom. The highest BCUT2D eigenvalue weighted by atomic mass is 127. The SMILES string of the molecule is C#Cc1ccc(C#Cc2ccc(C#CC3(OC(=O)c4ccc(OC(=O)C5CCC(C(=O)OCCCCCOC(=O)C=C)CC5)cc4)CCC(C4CCC(CCC)CC4)CC3)cc2)cc1.C=CC(=O)OCCCOc1ccc(C(=O)Oc2ccc3cc(C(=O)Oc4ccc(OCCC)cc4)ccc3c2I)cc1.